The summed E-state index contributed by atoms with van der Waals surface area (Å²) in [5.74, 6) is -1.37. The average molecular weight is 723 g/mol. The summed E-state index contributed by atoms with van der Waals surface area (Å²) in [6, 6.07) is 9.43. The summed E-state index contributed by atoms with van der Waals surface area (Å²) >= 11 is 36.7. The normalized spacial score (nSPS) is 17.0. The second-order valence-electron chi connectivity index (χ2n) is 8.93. The Morgan fingerprint density at radius 1 is 0.643 bits per heavy atom. The van der Waals surface area contributed by atoms with E-state index < -0.39 is 11.8 Å². The van der Waals surface area contributed by atoms with Crippen molar-refractivity contribution in [1.82, 2.24) is 9.80 Å². The van der Waals surface area contributed by atoms with Crippen LogP contribution in [0, 0.1) is 0 Å². The summed E-state index contributed by atoms with van der Waals surface area (Å²) in [6.45, 7) is 0.399. The number of nitrogens with zero attached hydrogens (tertiary/aromatic N) is 2. The molecule has 4 rings (SSSR count). The fraction of sp³-hybridized carbons (Fsp3) is 0.231. The lowest BCUT2D eigenvalue weighted by Gasteiger charge is -2.15. The van der Waals surface area contributed by atoms with Gasteiger partial charge in [0.25, 0.3) is 11.8 Å². The average Bonchev–Trinajstić information content (AvgIpc) is 3.32. The first-order valence-electron chi connectivity index (χ1n) is 12.2. The van der Waals surface area contributed by atoms with Crippen molar-refractivity contribution in [2.75, 3.05) is 23.7 Å². The molecule has 0 atom stereocenters. The number of rotatable bonds is 10. The molecule has 2 N–H and O–H groups in total. The molecule has 2 aromatic rings. The number of benzene rings is 2. The summed E-state index contributed by atoms with van der Waals surface area (Å²) in [4.78, 5) is 54.2. The van der Waals surface area contributed by atoms with Gasteiger partial charge in [-0.15, -0.1) is 0 Å². The van der Waals surface area contributed by atoms with Crippen LogP contribution in [0.1, 0.15) is 25.7 Å². The number of hydrogen-bond donors (Lipinski definition) is 2. The van der Waals surface area contributed by atoms with Crippen molar-refractivity contribution in [3.8, 4) is 0 Å². The van der Waals surface area contributed by atoms with Crippen LogP contribution in [0.4, 0.5) is 11.4 Å². The van der Waals surface area contributed by atoms with Crippen molar-refractivity contribution in [3.63, 3.8) is 0 Å². The molecule has 8 nitrogen and oxygen atoms in total. The van der Waals surface area contributed by atoms with Gasteiger partial charge in [0, 0.05) is 57.4 Å². The third-order valence-corrected chi connectivity index (χ3v) is 9.67. The first-order chi connectivity index (χ1) is 19.9. The summed E-state index contributed by atoms with van der Waals surface area (Å²) in [6.07, 6.45) is 0.918. The van der Waals surface area contributed by atoms with Crippen LogP contribution in [0.15, 0.2) is 46.2 Å². The maximum absolute atomic E-state index is 13.2. The number of thioether (sulfide) groups is 2. The molecule has 16 heteroatoms. The summed E-state index contributed by atoms with van der Waals surface area (Å²) < 4.78 is 0.583. The minimum atomic E-state index is -0.410. The molecular weight excluding hydrogens is 702 g/mol. The zero-order chi connectivity index (χ0) is 30.6. The number of thiocarbonyl (C=S) groups is 2. The van der Waals surface area contributed by atoms with Gasteiger partial charge in [-0.25, -0.2) is 0 Å². The Labute approximate surface area is 280 Å². The van der Waals surface area contributed by atoms with Gasteiger partial charge in [0.05, 0.1) is 9.81 Å². The van der Waals surface area contributed by atoms with Gasteiger partial charge in [-0.05, 0) is 49.2 Å². The molecule has 0 spiro atoms. The van der Waals surface area contributed by atoms with E-state index >= 15 is 0 Å². The Bertz CT molecular complexity index is 1390. The highest BCUT2D eigenvalue weighted by atomic mass is 35.5. The Hall–Kier alpha value is -1.90. The second-order valence-corrected chi connectivity index (χ2v) is 14.0. The molecule has 0 aliphatic carbocycles. The molecular formula is C26H20Cl4N4O4S4. The SMILES string of the molecule is O=C(CCCN1C(=O)/C(=C2\SC(=S)N(CCCC(=O)Nc3cc(Cl)cc(Cl)c3)C2=O)SC1=S)Nc1cc(Cl)cc(Cl)c1. The number of anilines is 2. The maximum Gasteiger partial charge on any atom is 0.267 e. The fourth-order valence-corrected chi connectivity index (χ4v) is 7.77. The molecule has 0 radical (unpaired) electrons. The number of amides is 4. The van der Waals surface area contributed by atoms with E-state index in [2.05, 4.69) is 10.6 Å². The molecule has 2 aliphatic rings. The second kappa shape index (κ2) is 14.7. The van der Waals surface area contributed by atoms with Crippen LogP contribution in [0.25, 0.3) is 0 Å². The predicted molar refractivity (Wildman–Crippen MR) is 179 cm³/mol. The third kappa shape index (κ3) is 8.60. The van der Waals surface area contributed by atoms with Crippen LogP contribution in [-0.4, -0.2) is 55.2 Å². The molecule has 2 aromatic carbocycles. The topological polar surface area (TPSA) is 98.8 Å². The number of carbonyl (C=O) groups excluding carboxylic acids is 4. The number of halogens is 4. The lowest BCUT2D eigenvalue weighted by molar-refractivity contribution is -0.124. The van der Waals surface area contributed by atoms with Gasteiger partial charge >= 0.3 is 0 Å². The van der Waals surface area contributed by atoms with Crippen molar-refractivity contribution in [3.05, 3.63) is 66.3 Å². The molecule has 220 valence electrons. The summed E-state index contributed by atoms with van der Waals surface area (Å²) in [5.41, 5.74) is 0.938. The highest BCUT2D eigenvalue weighted by molar-refractivity contribution is 8.29. The monoisotopic (exact) mass is 720 g/mol. The molecule has 2 saturated heterocycles. The maximum atomic E-state index is 13.2. The molecule has 42 heavy (non-hydrogen) atoms. The van der Waals surface area contributed by atoms with Gasteiger partial charge in [-0.3, -0.25) is 29.0 Å². The first kappa shape index (κ1) is 33.0. The fourth-order valence-electron chi connectivity index (χ4n) is 3.95. The number of nitrogens with one attached hydrogen (secondary N) is 2. The van der Waals surface area contributed by atoms with E-state index in [1.54, 1.807) is 36.4 Å². The van der Waals surface area contributed by atoms with Crippen LogP contribution in [-0.2, 0) is 19.2 Å². The Morgan fingerprint density at radius 3 is 1.31 bits per heavy atom. The van der Waals surface area contributed by atoms with Crippen molar-refractivity contribution < 1.29 is 19.2 Å². The van der Waals surface area contributed by atoms with Crippen molar-refractivity contribution in [1.29, 1.82) is 0 Å². The van der Waals surface area contributed by atoms with Gasteiger partial charge in [0.2, 0.25) is 11.8 Å². The van der Waals surface area contributed by atoms with E-state index in [1.165, 1.54) is 9.80 Å². The standard InChI is InChI=1S/C26H20Cl4N4O4S4/c27-13-7-14(28)10-17(9-13)31-19(35)3-1-5-33-23(37)21(41-25(33)39)22-24(38)34(26(40)42-22)6-2-4-20(36)32-18-11-15(29)8-16(30)12-18/h7-12H,1-6H2,(H,31,35)(H,32,36)/b22-21+. The van der Waals surface area contributed by atoms with Gasteiger partial charge < -0.3 is 10.6 Å². The van der Waals surface area contributed by atoms with E-state index in [9.17, 15) is 19.2 Å². The molecule has 2 fully saturated rings. The van der Waals surface area contributed by atoms with E-state index in [1.807, 2.05) is 0 Å². The smallest absolute Gasteiger partial charge is 0.267 e. The minimum absolute atomic E-state index is 0.122. The highest BCUT2D eigenvalue weighted by Gasteiger charge is 2.41. The Balaban J connectivity index is 1.28. The van der Waals surface area contributed by atoms with Crippen LogP contribution in [0.2, 0.25) is 20.1 Å². The number of carbonyl (C=O) groups is 4. The van der Waals surface area contributed by atoms with Crippen LogP contribution < -0.4 is 10.6 Å². The zero-order valence-corrected chi connectivity index (χ0v) is 27.7. The predicted octanol–water partition coefficient (Wildman–Crippen LogP) is 7.37. The lowest BCUT2D eigenvalue weighted by atomic mass is 10.2. The van der Waals surface area contributed by atoms with Crippen molar-refractivity contribution >= 4 is 138 Å². The van der Waals surface area contributed by atoms with E-state index in [0.717, 1.165) is 23.5 Å². The van der Waals surface area contributed by atoms with E-state index in [0.29, 0.717) is 52.9 Å². The zero-order valence-electron chi connectivity index (χ0n) is 21.4. The molecule has 0 saturated carbocycles. The molecule has 0 aromatic heterocycles. The highest BCUT2D eigenvalue weighted by Crippen LogP contribution is 2.42. The van der Waals surface area contributed by atoms with E-state index in [4.69, 9.17) is 70.8 Å². The van der Waals surface area contributed by atoms with Crippen LogP contribution >= 0.6 is 94.4 Å². The quantitative estimate of drug-likeness (QED) is 0.194. The largest absolute Gasteiger partial charge is 0.326 e. The summed E-state index contributed by atoms with van der Waals surface area (Å²) in [5, 5.41) is 7.01. The minimum Gasteiger partial charge on any atom is -0.326 e. The lowest BCUT2D eigenvalue weighted by Crippen LogP contribution is -2.31. The van der Waals surface area contributed by atoms with E-state index in [-0.39, 0.29) is 47.6 Å². The van der Waals surface area contributed by atoms with Crippen LogP contribution in [0.3, 0.4) is 0 Å². The molecule has 4 amide bonds. The summed E-state index contributed by atoms with van der Waals surface area (Å²) in [7, 11) is 0. The van der Waals surface area contributed by atoms with Gasteiger partial charge in [0.1, 0.15) is 8.64 Å². The Kier molecular flexibility index (Phi) is 11.6. The van der Waals surface area contributed by atoms with Gasteiger partial charge in [-0.2, -0.15) is 0 Å². The third-order valence-electron chi connectivity index (χ3n) is 5.77. The van der Waals surface area contributed by atoms with Crippen molar-refractivity contribution in [2.45, 2.75) is 25.7 Å². The molecule has 2 aliphatic heterocycles. The van der Waals surface area contributed by atoms with Gasteiger partial charge in [0.15, 0.2) is 0 Å². The van der Waals surface area contributed by atoms with Crippen molar-refractivity contribution in [2.24, 2.45) is 0 Å². The molecule has 2 heterocycles. The molecule has 0 bridgehead atoms. The van der Waals surface area contributed by atoms with Crippen LogP contribution in [0.5, 0.6) is 0 Å². The Morgan fingerprint density at radius 2 is 0.976 bits per heavy atom. The first-order valence-corrected chi connectivity index (χ1v) is 16.2. The molecule has 0 unspecified atom stereocenters. The van der Waals surface area contributed by atoms with Gasteiger partial charge in [-0.1, -0.05) is 94.4 Å². The number of hydrogen-bond acceptors (Lipinski definition) is 8.